The van der Waals surface area contributed by atoms with Gasteiger partial charge in [0.25, 0.3) is 0 Å². The maximum absolute atomic E-state index is 6.67. The molecule has 4 rings (SSSR count). The zero-order chi connectivity index (χ0) is 19.6. The minimum atomic E-state index is -1.95. The Morgan fingerprint density at radius 2 is 1.04 bits per heavy atom. The molecule has 0 radical (unpaired) electrons. The predicted molar refractivity (Wildman–Crippen MR) is 128 cm³/mol. The Labute approximate surface area is 181 Å². The molecule has 0 aliphatic carbocycles. The summed E-state index contributed by atoms with van der Waals surface area (Å²) in [5.41, 5.74) is 2.27. The quantitative estimate of drug-likeness (QED) is 0.296. The van der Waals surface area contributed by atoms with Crippen LogP contribution in [0.3, 0.4) is 0 Å². The van der Waals surface area contributed by atoms with Gasteiger partial charge in [-0.3, -0.25) is 0 Å². The largest absolute Gasteiger partial charge is 0.116 e. The molecular weight excluding hydrogens is 422 g/mol. The van der Waals surface area contributed by atoms with Crippen LogP contribution in [0.1, 0.15) is 11.1 Å². The van der Waals surface area contributed by atoms with Gasteiger partial charge in [-0.2, -0.15) is 0 Å². The van der Waals surface area contributed by atoms with Crippen LogP contribution in [-0.2, 0) is 6.16 Å². The first-order valence-corrected chi connectivity index (χ1v) is 12.7. The molecule has 0 bridgehead atoms. The summed E-state index contributed by atoms with van der Waals surface area (Å²) in [5, 5.41) is 4.06. The lowest BCUT2D eigenvalue weighted by Crippen LogP contribution is -2.32. The van der Waals surface area contributed by atoms with E-state index in [0.717, 1.165) is 20.4 Å². The van der Waals surface area contributed by atoms with E-state index in [4.69, 9.17) is 23.2 Å². The first-order chi connectivity index (χ1) is 13.6. The van der Waals surface area contributed by atoms with Gasteiger partial charge in [0.2, 0.25) is 0 Å². The van der Waals surface area contributed by atoms with E-state index in [9.17, 15) is 0 Å². The molecule has 0 N–H and O–H groups in total. The summed E-state index contributed by atoms with van der Waals surface area (Å²) in [5.74, 6) is 0. The van der Waals surface area contributed by atoms with Gasteiger partial charge in [0.1, 0.15) is 33.7 Å². The van der Waals surface area contributed by atoms with Crippen molar-refractivity contribution in [2.75, 3.05) is 0 Å². The molecule has 0 atom stereocenters. The topological polar surface area (TPSA) is 0 Å². The number of rotatable bonds is 5. The van der Waals surface area contributed by atoms with Crippen LogP contribution in [0.15, 0.2) is 91.0 Å². The molecular formula is C24H20Cl2PS+. The maximum Gasteiger partial charge on any atom is 0.116 e. The molecule has 4 aromatic rings. The van der Waals surface area contributed by atoms with E-state index in [1.54, 1.807) is 0 Å². The Morgan fingerprint density at radius 1 is 0.643 bits per heavy atom. The van der Waals surface area contributed by atoms with Crippen LogP contribution in [0.25, 0.3) is 0 Å². The monoisotopic (exact) mass is 441 g/mol. The first-order valence-electron chi connectivity index (χ1n) is 9.11. The number of hydrogen-bond acceptors (Lipinski definition) is 1. The van der Waals surface area contributed by atoms with Crippen LogP contribution in [0.5, 0.6) is 0 Å². The van der Waals surface area contributed by atoms with Crippen molar-refractivity contribution < 1.29 is 0 Å². The van der Waals surface area contributed by atoms with Crippen molar-refractivity contribution in [1.82, 2.24) is 0 Å². The van der Waals surface area contributed by atoms with Gasteiger partial charge in [0, 0.05) is 5.56 Å². The van der Waals surface area contributed by atoms with Gasteiger partial charge < -0.3 is 0 Å². The fraction of sp³-hybridized carbons (Fsp3) is 0.0833. The third-order valence-corrected chi connectivity index (χ3v) is 11.4. The van der Waals surface area contributed by atoms with E-state index >= 15 is 0 Å². The normalized spacial score (nSPS) is 11.5. The van der Waals surface area contributed by atoms with Crippen molar-refractivity contribution >= 4 is 57.7 Å². The van der Waals surface area contributed by atoms with Gasteiger partial charge in [0.05, 0.1) is 4.34 Å². The first kappa shape index (κ1) is 19.7. The number of benzene rings is 3. The zero-order valence-electron chi connectivity index (χ0n) is 15.5. The third kappa shape index (κ3) is 3.53. The van der Waals surface area contributed by atoms with E-state index in [2.05, 4.69) is 97.9 Å². The Kier molecular flexibility index (Phi) is 5.90. The van der Waals surface area contributed by atoms with Crippen LogP contribution in [-0.4, -0.2) is 0 Å². The van der Waals surface area contributed by atoms with E-state index in [-0.39, 0.29) is 0 Å². The number of halogens is 2. The van der Waals surface area contributed by atoms with Crippen molar-refractivity contribution in [3.8, 4) is 0 Å². The second-order valence-electron chi connectivity index (χ2n) is 6.73. The molecule has 0 spiro atoms. The van der Waals surface area contributed by atoms with Crippen LogP contribution >= 0.6 is 41.8 Å². The molecule has 0 aliphatic heterocycles. The molecule has 0 saturated carbocycles. The van der Waals surface area contributed by atoms with Crippen molar-refractivity contribution in [3.63, 3.8) is 0 Å². The van der Waals surface area contributed by atoms with E-state index in [0.29, 0.717) is 0 Å². The summed E-state index contributed by atoms with van der Waals surface area (Å²) in [6.07, 6.45) is 0.860. The highest BCUT2D eigenvalue weighted by atomic mass is 35.5. The molecule has 1 aromatic heterocycles. The van der Waals surface area contributed by atoms with Crippen molar-refractivity contribution in [2.24, 2.45) is 0 Å². The molecule has 0 unspecified atom stereocenters. The smallest absolute Gasteiger partial charge is 0.111 e. The second-order valence-corrected chi connectivity index (χ2v) is 12.4. The van der Waals surface area contributed by atoms with Gasteiger partial charge in [-0.05, 0) is 48.9 Å². The molecule has 1 heterocycles. The lowest BCUT2D eigenvalue weighted by Gasteiger charge is -2.28. The molecule has 140 valence electrons. The number of thiophene rings is 1. The van der Waals surface area contributed by atoms with Crippen LogP contribution in [0, 0.1) is 6.92 Å². The average Bonchev–Trinajstić information content (AvgIpc) is 2.99. The summed E-state index contributed by atoms with van der Waals surface area (Å²) >= 11 is 14.6. The van der Waals surface area contributed by atoms with E-state index in [1.165, 1.54) is 32.8 Å². The van der Waals surface area contributed by atoms with Crippen LogP contribution < -0.4 is 15.9 Å². The van der Waals surface area contributed by atoms with Crippen molar-refractivity contribution in [2.45, 2.75) is 13.1 Å². The Bertz CT molecular complexity index is 963. The molecule has 0 saturated heterocycles. The Balaban J connectivity index is 2.04. The molecule has 28 heavy (non-hydrogen) atoms. The highest BCUT2D eigenvalue weighted by Crippen LogP contribution is 2.60. The molecule has 0 nitrogen and oxygen atoms in total. The summed E-state index contributed by atoms with van der Waals surface area (Å²) in [7, 11) is -1.95. The van der Waals surface area contributed by atoms with Crippen molar-refractivity contribution in [3.05, 3.63) is 111 Å². The zero-order valence-corrected chi connectivity index (χ0v) is 18.7. The van der Waals surface area contributed by atoms with Crippen molar-refractivity contribution in [1.29, 1.82) is 0 Å². The SMILES string of the molecule is Cc1c(Cl)sc(Cl)c1C[P+](c1ccccc1)(c1ccccc1)c1ccccc1. The van der Waals surface area contributed by atoms with E-state index in [1.807, 2.05) is 0 Å². The van der Waals surface area contributed by atoms with Gasteiger partial charge in [-0.1, -0.05) is 77.8 Å². The third-order valence-electron chi connectivity index (χ3n) is 5.15. The number of hydrogen-bond donors (Lipinski definition) is 0. The highest BCUT2D eigenvalue weighted by Gasteiger charge is 2.46. The average molecular weight is 442 g/mol. The summed E-state index contributed by atoms with van der Waals surface area (Å²) in [6.45, 7) is 2.08. The maximum atomic E-state index is 6.67. The van der Waals surface area contributed by atoms with Gasteiger partial charge in [-0.25, -0.2) is 0 Å². The van der Waals surface area contributed by atoms with Gasteiger partial charge in [-0.15, -0.1) is 11.3 Å². The molecule has 3 aromatic carbocycles. The highest BCUT2D eigenvalue weighted by molar-refractivity contribution is 7.95. The minimum Gasteiger partial charge on any atom is -0.111 e. The standard InChI is InChI=1S/C24H20Cl2PS/c1-18-22(24(26)28-23(18)25)17-27(19-11-5-2-6-12-19,20-13-7-3-8-14-20)21-15-9-4-10-16-21/h2-16H,17H2,1H3/q+1. The lowest BCUT2D eigenvalue weighted by molar-refractivity contribution is 1.34. The fourth-order valence-electron chi connectivity index (χ4n) is 3.67. The Morgan fingerprint density at radius 3 is 1.36 bits per heavy atom. The summed E-state index contributed by atoms with van der Waals surface area (Å²) < 4.78 is 1.59. The second kappa shape index (κ2) is 8.39. The van der Waals surface area contributed by atoms with E-state index < -0.39 is 7.26 Å². The molecule has 0 aliphatic rings. The Hall–Kier alpha value is -1.63. The summed E-state index contributed by atoms with van der Waals surface area (Å²) in [6, 6.07) is 32.5. The lowest BCUT2D eigenvalue weighted by atomic mass is 10.2. The molecule has 0 fully saturated rings. The predicted octanol–water partition coefficient (Wildman–Crippen LogP) is 6.86. The van der Waals surface area contributed by atoms with Gasteiger partial charge >= 0.3 is 0 Å². The molecule has 0 amide bonds. The summed E-state index contributed by atoms with van der Waals surface area (Å²) in [4.78, 5) is 0. The minimum absolute atomic E-state index is 0.785. The van der Waals surface area contributed by atoms with Crippen LogP contribution in [0.2, 0.25) is 8.67 Å². The van der Waals surface area contributed by atoms with Gasteiger partial charge in [0.15, 0.2) is 0 Å². The fourth-order valence-corrected chi connectivity index (χ4v) is 9.91. The molecule has 4 heteroatoms. The van der Waals surface area contributed by atoms with Crippen LogP contribution in [0.4, 0.5) is 0 Å².